The molecule has 1 unspecified atom stereocenters. The third-order valence-corrected chi connectivity index (χ3v) is 3.52. The van der Waals surface area contributed by atoms with Gasteiger partial charge >= 0.3 is 0 Å². The molecule has 0 bridgehead atoms. The van der Waals surface area contributed by atoms with E-state index in [1.54, 1.807) is 19.1 Å². The van der Waals surface area contributed by atoms with E-state index >= 15 is 0 Å². The number of rotatable bonds is 4. The van der Waals surface area contributed by atoms with Gasteiger partial charge in [-0.25, -0.2) is 13.1 Å². The minimum atomic E-state index is -3.50. The summed E-state index contributed by atoms with van der Waals surface area (Å²) in [4.78, 5) is 0.225. The minimum Gasteiger partial charge on any atom is -0.395 e. The maximum atomic E-state index is 11.7. The highest BCUT2D eigenvalue weighted by atomic mass is 32.2. The van der Waals surface area contributed by atoms with Crippen molar-refractivity contribution in [2.75, 3.05) is 6.61 Å². The fourth-order valence-corrected chi connectivity index (χ4v) is 2.49. The number of sulfonamides is 1. The number of aliphatic hydroxyl groups is 1. The molecule has 0 aromatic heterocycles. The molecule has 0 heterocycles. The van der Waals surface area contributed by atoms with Crippen LogP contribution >= 0.6 is 0 Å². The number of benzene rings is 1. The second-order valence-electron chi connectivity index (χ2n) is 3.52. The monoisotopic (exact) mass is 229 g/mol. The molecule has 1 rings (SSSR count). The lowest BCUT2D eigenvalue weighted by molar-refractivity contribution is 0.265. The molecule has 0 aliphatic heterocycles. The molecule has 0 saturated carbocycles. The van der Waals surface area contributed by atoms with Crippen LogP contribution in [0.25, 0.3) is 0 Å². The van der Waals surface area contributed by atoms with E-state index in [2.05, 4.69) is 4.72 Å². The number of aryl methyl sites for hydroxylation is 1. The summed E-state index contributed by atoms with van der Waals surface area (Å²) in [5, 5.41) is 8.77. The lowest BCUT2D eigenvalue weighted by Gasteiger charge is -2.11. The van der Waals surface area contributed by atoms with Crippen LogP contribution in [0.1, 0.15) is 12.5 Å². The molecule has 2 N–H and O–H groups in total. The summed E-state index contributed by atoms with van der Waals surface area (Å²) < 4.78 is 25.8. The predicted octanol–water partition coefficient (Wildman–Crippen LogP) is 0.654. The van der Waals surface area contributed by atoms with Crippen molar-refractivity contribution in [2.24, 2.45) is 0 Å². The summed E-state index contributed by atoms with van der Waals surface area (Å²) in [5.41, 5.74) is 0.884. The van der Waals surface area contributed by atoms with Crippen LogP contribution in [0.4, 0.5) is 0 Å². The minimum absolute atomic E-state index is 0.217. The van der Waals surface area contributed by atoms with Crippen molar-refractivity contribution >= 4 is 10.0 Å². The molecule has 0 spiro atoms. The number of hydrogen-bond acceptors (Lipinski definition) is 3. The summed E-state index contributed by atoms with van der Waals surface area (Å²) in [6, 6.07) is 6.16. The molecule has 0 saturated heterocycles. The summed E-state index contributed by atoms with van der Waals surface area (Å²) in [7, 11) is -3.50. The van der Waals surface area contributed by atoms with Gasteiger partial charge in [-0.05, 0) is 31.5 Å². The average molecular weight is 229 g/mol. The smallest absolute Gasteiger partial charge is 0.240 e. The molecule has 4 nitrogen and oxygen atoms in total. The van der Waals surface area contributed by atoms with Crippen LogP contribution in [0.2, 0.25) is 0 Å². The van der Waals surface area contributed by atoms with Gasteiger partial charge in [0, 0.05) is 6.04 Å². The molecular weight excluding hydrogens is 214 g/mol. The van der Waals surface area contributed by atoms with Crippen LogP contribution in [0.3, 0.4) is 0 Å². The lowest BCUT2D eigenvalue weighted by Crippen LogP contribution is -2.34. The third kappa shape index (κ3) is 3.30. The van der Waals surface area contributed by atoms with Gasteiger partial charge in [0.15, 0.2) is 0 Å². The maximum Gasteiger partial charge on any atom is 0.240 e. The maximum absolute atomic E-state index is 11.7. The Balaban J connectivity index is 2.96. The molecule has 84 valence electrons. The van der Waals surface area contributed by atoms with Crippen molar-refractivity contribution in [1.82, 2.24) is 4.72 Å². The second-order valence-corrected chi connectivity index (χ2v) is 5.24. The standard InChI is InChI=1S/C10H15NO3S/c1-8-4-3-5-10(6-8)15(13,14)11-9(2)7-12/h3-6,9,11-12H,7H2,1-2H3. The number of nitrogens with one attached hydrogen (secondary N) is 1. The van der Waals surface area contributed by atoms with Crippen LogP contribution in [-0.2, 0) is 10.0 Å². The van der Waals surface area contributed by atoms with Crippen molar-refractivity contribution < 1.29 is 13.5 Å². The van der Waals surface area contributed by atoms with Gasteiger partial charge in [0.25, 0.3) is 0 Å². The third-order valence-electron chi connectivity index (χ3n) is 1.93. The van der Waals surface area contributed by atoms with Gasteiger partial charge in [-0.15, -0.1) is 0 Å². The van der Waals surface area contributed by atoms with E-state index in [-0.39, 0.29) is 11.5 Å². The largest absolute Gasteiger partial charge is 0.395 e. The van der Waals surface area contributed by atoms with Crippen LogP contribution in [-0.4, -0.2) is 26.2 Å². The summed E-state index contributed by atoms with van der Waals surface area (Å²) in [6.45, 7) is 3.22. The SMILES string of the molecule is Cc1cccc(S(=O)(=O)NC(C)CO)c1. The van der Waals surface area contributed by atoms with Gasteiger partial charge < -0.3 is 5.11 Å². The van der Waals surface area contributed by atoms with E-state index in [4.69, 9.17) is 5.11 Å². The Labute approximate surface area is 90.0 Å². The quantitative estimate of drug-likeness (QED) is 0.797. The van der Waals surface area contributed by atoms with Crippen LogP contribution in [0.15, 0.2) is 29.2 Å². The number of hydrogen-bond donors (Lipinski definition) is 2. The Kier molecular flexibility index (Phi) is 3.84. The highest BCUT2D eigenvalue weighted by Crippen LogP contribution is 2.10. The van der Waals surface area contributed by atoms with E-state index < -0.39 is 16.1 Å². The van der Waals surface area contributed by atoms with E-state index in [9.17, 15) is 8.42 Å². The van der Waals surface area contributed by atoms with Gasteiger partial charge in [-0.1, -0.05) is 12.1 Å². The van der Waals surface area contributed by atoms with Crippen molar-refractivity contribution in [3.05, 3.63) is 29.8 Å². The zero-order chi connectivity index (χ0) is 11.5. The topological polar surface area (TPSA) is 66.4 Å². The Hall–Kier alpha value is -0.910. The Morgan fingerprint density at radius 3 is 2.67 bits per heavy atom. The molecule has 0 fully saturated rings. The van der Waals surface area contributed by atoms with Crippen molar-refractivity contribution in [3.8, 4) is 0 Å². The van der Waals surface area contributed by atoms with Crippen LogP contribution in [0.5, 0.6) is 0 Å². The average Bonchev–Trinajstić information content (AvgIpc) is 2.17. The lowest BCUT2D eigenvalue weighted by atomic mass is 10.2. The first-order chi connectivity index (χ1) is 6.95. The van der Waals surface area contributed by atoms with Gasteiger partial charge in [0.2, 0.25) is 10.0 Å². The van der Waals surface area contributed by atoms with Crippen molar-refractivity contribution in [2.45, 2.75) is 24.8 Å². The van der Waals surface area contributed by atoms with E-state index in [0.29, 0.717) is 0 Å². The van der Waals surface area contributed by atoms with Gasteiger partial charge in [-0.2, -0.15) is 0 Å². The van der Waals surface area contributed by atoms with Gasteiger partial charge in [-0.3, -0.25) is 0 Å². The highest BCUT2D eigenvalue weighted by molar-refractivity contribution is 7.89. The predicted molar refractivity (Wildman–Crippen MR) is 58.0 cm³/mol. The molecule has 0 radical (unpaired) electrons. The van der Waals surface area contributed by atoms with Crippen molar-refractivity contribution in [1.29, 1.82) is 0 Å². The summed E-state index contributed by atoms with van der Waals surface area (Å²) in [5.74, 6) is 0. The van der Waals surface area contributed by atoms with E-state index in [1.165, 1.54) is 6.07 Å². The first-order valence-corrected chi connectivity index (χ1v) is 6.14. The molecular formula is C10H15NO3S. The molecule has 0 aliphatic rings. The second kappa shape index (κ2) is 4.74. The molecule has 1 aromatic carbocycles. The number of aliphatic hydroxyl groups excluding tert-OH is 1. The molecule has 5 heteroatoms. The van der Waals surface area contributed by atoms with Gasteiger partial charge in [0.05, 0.1) is 11.5 Å². The molecule has 0 amide bonds. The first-order valence-electron chi connectivity index (χ1n) is 4.65. The fraction of sp³-hybridized carbons (Fsp3) is 0.400. The molecule has 1 aromatic rings. The molecule has 15 heavy (non-hydrogen) atoms. The Morgan fingerprint density at radius 1 is 1.47 bits per heavy atom. The highest BCUT2D eigenvalue weighted by Gasteiger charge is 2.16. The molecule has 0 aliphatic carbocycles. The summed E-state index contributed by atoms with van der Waals surface area (Å²) in [6.07, 6.45) is 0. The fourth-order valence-electron chi connectivity index (χ4n) is 1.15. The van der Waals surface area contributed by atoms with Gasteiger partial charge in [0.1, 0.15) is 0 Å². The van der Waals surface area contributed by atoms with Crippen LogP contribution in [0, 0.1) is 6.92 Å². The molecule has 1 atom stereocenters. The zero-order valence-corrected chi connectivity index (χ0v) is 9.58. The summed E-state index contributed by atoms with van der Waals surface area (Å²) >= 11 is 0. The van der Waals surface area contributed by atoms with Crippen molar-refractivity contribution in [3.63, 3.8) is 0 Å². The van der Waals surface area contributed by atoms with E-state index in [0.717, 1.165) is 5.56 Å². The van der Waals surface area contributed by atoms with E-state index in [1.807, 2.05) is 13.0 Å². The normalized spacial score (nSPS) is 13.8. The zero-order valence-electron chi connectivity index (χ0n) is 8.77. The Bertz CT molecular complexity index is 428. The Morgan fingerprint density at radius 2 is 2.13 bits per heavy atom. The van der Waals surface area contributed by atoms with Crippen LogP contribution < -0.4 is 4.72 Å². The first kappa shape index (κ1) is 12.2.